The molecule has 2 aromatic heterocycles. The molecule has 3 rings (SSSR count). The number of anilines is 1. The minimum atomic E-state index is -0.341. The van der Waals surface area contributed by atoms with Crippen molar-refractivity contribution in [1.82, 2.24) is 9.97 Å². The SMILES string of the molecule is N=CN=C(N)c1cnc(N)c2nc(-c3cccc(F)c3)ccc12. The Bertz CT molecular complexity index is 935. The number of fused-ring (bicyclic) bond motifs is 1. The third-order valence-electron chi connectivity index (χ3n) is 3.36. The first-order valence-corrected chi connectivity index (χ1v) is 6.74. The molecule has 0 aliphatic rings. The molecular formula is C16H13FN6. The number of aromatic nitrogens is 2. The van der Waals surface area contributed by atoms with E-state index in [1.165, 1.54) is 18.3 Å². The molecule has 0 unspecified atom stereocenters. The van der Waals surface area contributed by atoms with E-state index in [9.17, 15) is 4.39 Å². The molecule has 0 bridgehead atoms. The fourth-order valence-electron chi connectivity index (χ4n) is 2.29. The lowest BCUT2D eigenvalue weighted by molar-refractivity contribution is 0.628. The molecule has 0 radical (unpaired) electrons. The zero-order valence-corrected chi connectivity index (χ0v) is 12.0. The van der Waals surface area contributed by atoms with Gasteiger partial charge in [-0.25, -0.2) is 19.4 Å². The van der Waals surface area contributed by atoms with Crippen molar-refractivity contribution >= 4 is 28.9 Å². The van der Waals surface area contributed by atoms with Crippen LogP contribution in [-0.4, -0.2) is 22.1 Å². The van der Waals surface area contributed by atoms with E-state index in [0.29, 0.717) is 27.7 Å². The zero-order valence-electron chi connectivity index (χ0n) is 12.0. The van der Waals surface area contributed by atoms with Gasteiger partial charge in [-0.3, -0.25) is 5.41 Å². The fraction of sp³-hybridized carbons (Fsp3) is 0. The van der Waals surface area contributed by atoms with Gasteiger partial charge in [-0.2, -0.15) is 0 Å². The molecule has 7 heteroatoms. The summed E-state index contributed by atoms with van der Waals surface area (Å²) in [5.41, 5.74) is 13.9. The quantitative estimate of drug-likeness (QED) is 0.509. The number of hydrogen-bond acceptors (Lipinski definition) is 4. The Hall–Kier alpha value is -3.35. The van der Waals surface area contributed by atoms with Crippen LogP contribution in [0.2, 0.25) is 0 Å². The van der Waals surface area contributed by atoms with Crippen LogP contribution in [0.25, 0.3) is 22.2 Å². The summed E-state index contributed by atoms with van der Waals surface area (Å²) in [5.74, 6) is 0.0501. The first kappa shape index (κ1) is 14.6. The molecular weight excluding hydrogens is 295 g/mol. The molecule has 0 saturated heterocycles. The van der Waals surface area contributed by atoms with Crippen molar-refractivity contribution in [2.45, 2.75) is 0 Å². The minimum absolute atomic E-state index is 0.151. The van der Waals surface area contributed by atoms with Crippen LogP contribution in [0.4, 0.5) is 10.2 Å². The third-order valence-corrected chi connectivity index (χ3v) is 3.36. The largest absolute Gasteiger partial charge is 0.383 e. The summed E-state index contributed by atoms with van der Waals surface area (Å²) in [7, 11) is 0. The predicted molar refractivity (Wildman–Crippen MR) is 88.9 cm³/mol. The maximum absolute atomic E-state index is 13.4. The van der Waals surface area contributed by atoms with Gasteiger partial charge >= 0.3 is 0 Å². The molecule has 6 nitrogen and oxygen atoms in total. The number of nitrogen functional groups attached to an aromatic ring is 1. The second-order valence-electron chi connectivity index (χ2n) is 4.80. The average Bonchev–Trinajstić information content (AvgIpc) is 2.55. The van der Waals surface area contributed by atoms with Gasteiger partial charge in [0, 0.05) is 22.7 Å². The number of rotatable bonds is 3. The Morgan fingerprint density at radius 3 is 2.83 bits per heavy atom. The maximum Gasteiger partial charge on any atom is 0.149 e. The molecule has 0 atom stereocenters. The number of nitrogens with one attached hydrogen (secondary N) is 1. The van der Waals surface area contributed by atoms with Crippen molar-refractivity contribution in [2.75, 3.05) is 5.73 Å². The van der Waals surface area contributed by atoms with Gasteiger partial charge in [0.05, 0.1) is 5.69 Å². The zero-order chi connectivity index (χ0) is 16.4. The molecule has 0 aliphatic heterocycles. The lowest BCUT2D eigenvalue weighted by Gasteiger charge is -2.09. The van der Waals surface area contributed by atoms with Gasteiger partial charge in [0.15, 0.2) is 0 Å². The number of hydrogen-bond donors (Lipinski definition) is 3. The topological polar surface area (TPSA) is 114 Å². The number of amidine groups is 1. The smallest absolute Gasteiger partial charge is 0.149 e. The highest BCUT2D eigenvalue weighted by atomic mass is 19.1. The number of nitrogens with zero attached hydrogens (tertiary/aromatic N) is 3. The molecule has 2 heterocycles. The van der Waals surface area contributed by atoms with Gasteiger partial charge in [-0.1, -0.05) is 12.1 Å². The van der Waals surface area contributed by atoms with Crippen molar-refractivity contribution in [3.05, 3.63) is 54.0 Å². The number of benzene rings is 1. The van der Waals surface area contributed by atoms with Gasteiger partial charge in [-0.05, 0) is 24.3 Å². The molecule has 23 heavy (non-hydrogen) atoms. The summed E-state index contributed by atoms with van der Waals surface area (Å²) in [6.07, 6.45) is 2.34. The van der Waals surface area contributed by atoms with Crippen LogP contribution in [0.15, 0.2) is 47.6 Å². The van der Waals surface area contributed by atoms with Crippen LogP contribution in [0.5, 0.6) is 0 Å². The number of aliphatic imine (C=N–C) groups is 1. The summed E-state index contributed by atoms with van der Waals surface area (Å²) < 4.78 is 13.4. The highest BCUT2D eigenvalue weighted by molar-refractivity contribution is 6.11. The van der Waals surface area contributed by atoms with E-state index in [-0.39, 0.29) is 17.5 Å². The Labute approximate surface area is 131 Å². The van der Waals surface area contributed by atoms with E-state index in [2.05, 4.69) is 15.0 Å². The lowest BCUT2D eigenvalue weighted by Crippen LogP contribution is -2.15. The summed E-state index contributed by atoms with van der Waals surface area (Å²) in [6, 6.07) is 9.67. The Morgan fingerprint density at radius 2 is 2.09 bits per heavy atom. The molecule has 0 aliphatic carbocycles. The first-order chi connectivity index (χ1) is 11.1. The van der Waals surface area contributed by atoms with Crippen LogP contribution in [-0.2, 0) is 0 Å². The number of pyridine rings is 2. The van der Waals surface area contributed by atoms with E-state index >= 15 is 0 Å². The van der Waals surface area contributed by atoms with E-state index in [1.54, 1.807) is 24.3 Å². The number of halogens is 1. The average molecular weight is 308 g/mol. The van der Waals surface area contributed by atoms with Crippen molar-refractivity contribution in [1.29, 1.82) is 5.41 Å². The van der Waals surface area contributed by atoms with Gasteiger partial charge in [0.2, 0.25) is 0 Å². The monoisotopic (exact) mass is 308 g/mol. The fourth-order valence-corrected chi connectivity index (χ4v) is 2.29. The Kier molecular flexibility index (Phi) is 3.68. The van der Waals surface area contributed by atoms with Crippen molar-refractivity contribution in [3.63, 3.8) is 0 Å². The van der Waals surface area contributed by atoms with Crippen LogP contribution in [0.1, 0.15) is 5.56 Å². The van der Waals surface area contributed by atoms with Gasteiger partial charge in [0.25, 0.3) is 0 Å². The molecule has 3 aromatic rings. The summed E-state index contributed by atoms with van der Waals surface area (Å²) in [5, 5.41) is 7.68. The van der Waals surface area contributed by atoms with Crippen molar-refractivity contribution in [2.24, 2.45) is 10.7 Å². The summed E-state index contributed by atoms with van der Waals surface area (Å²) in [6.45, 7) is 0. The van der Waals surface area contributed by atoms with Crippen LogP contribution in [0.3, 0.4) is 0 Å². The van der Waals surface area contributed by atoms with Gasteiger partial charge in [-0.15, -0.1) is 0 Å². The molecule has 0 amide bonds. The van der Waals surface area contributed by atoms with E-state index < -0.39 is 0 Å². The maximum atomic E-state index is 13.4. The molecule has 0 spiro atoms. The van der Waals surface area contributed by atoms with Crippen LogP contribution in [0, 0.1) is 11.2 Å². The second kappa shape index (κ2) is 5.80. The van der Waals surface area contributed by atoms with Crippen molar-refractivity contribution < 1.29 is 4.39 Å². The van der Waals surface area contributed by atoms with Gasteiger partial charge < -0.3 is 11.5 Å². The first-order valence-electron chi connectivity index (χ1n) is 6.74. The van der Waals surface area contributed by atoms with E-state index in [0.717, 1.165) is 6.34 Å². The summed E-state index contributed by atoms with van der Waals surface area (Å²) >= 11 is 0. The van der Waals surface area contributed by atoms with E-state index in [1.807, 2.05) is 0 Å². The molecule has 0 fully saturated rings. The van der Waals surface area contributed by atoms with Gasteiger partial charge in [0.1, 0.15) is 29.3 Å². The van der Waals surface area contributed by atoms with Crippen LogP contribution >= 0.6 is 0 Å². The normalized spacial score (nSPS) is 11.6. The highest BCUT2D eigenvalue weighted by Gasteiger charge is 2.11. The predicted octanol–water partition coefficient (Wildman–Crippen LogP) is 2.33. The molecule has 0 saturated carbocycles. The summed E-state index contributed by atoms with van der Waals surface area (Å²) in [4.78, 5) is 12.3. The lowest BCUT2D eigenvalue weighted by atomic mass is 10.1. The third kappa shape index (κ3) is 2.71. The van der Waals surface area contributed by atoms with Crippen molar-refractivity contribution in [3.8, 4) is 11.3 Å². The molecule has 114 valence electrons. The molecule has 5 N–H and O–H groups in total. The van der Waals surface area contributed by atoms with E-state index in [4.69, 9.17) is 16.9 Å². The minimum Gasteiger partial charge on any atom is -0.383 e. The number of nitrogens with two attached hydrogens (primary N) is 2. The second-order valence-corrected chi connectivity index (χ2v) is 4.80. The Balaban J connectivity index is 2.23. The van der Waals surface area contributed by atoms with Crippen LogP contribution < -0.4 is 11.5 Å². The highest BCUT2D eigenvalue weighted by Crippen LogP contribution is 2.26. The standard InChI is InChI=1S/C16H13FN6/c17-10-3-1-2-9(6-10)13-5-4-11-12(15(19)22-8-18)7-21-16(20)14(11)23-13/h1-8H,(H2,20,21)(H3,18,19,22). The molecule has 1 aromatic carbocycles. The Morgan fingerprint density at radius 1 is 1.26 bits per heavy atom.